The predicted octanol–water partition coefficient (Wildman–Crippen LogP) is 1.89. The molecule has 1 fully saturated rings. The van der Waals surface area contributed by atoms with Crippen molar-refractivity contribution in [2.24, 2.45) is 0 Å². The van der Waals surface area contributed by atoms with Crippen molar-refractivity contribution in [2.75, 3.05) is 41.3 Å². The van der Waals surface area contributed by atoms with E-state index in [1.165, 1.54) is 0 Å². The molecule has 3 rings (SSSR count). The van der Waals surface area contributed by atoms with Gasteiger partial charge in [0.25, 0.3) is 0 Å². The Morgan fingerprint density at radius 1 is 1.12 bits per heavy atom. The maximum Gasteiger partial charge on any atom is 0.146 e. The Morgan fingerprint density at radius 2 is 1.88 bits per heavy atom. The van der Waals surface area contributed by atoms with Crippen LogP contribution in [0.2, 0.25) is 0 Å². The van der Waals surface area contributed by atoms with Crippen LogP contribution < -0.4 is 15.1 Å². The minimum absolute atomic E-state index is 0.332. The molecule has 24 heavy (non-hydrogen) atoms. The molecule has 3 heterocycles. The highest BCUT2D eigenvalue weighted by molar-refractivity contribution is 5.55. The lowest BCUT2D eigenvalue weighted by Crippen LogP contribution is -2.47. The minimum Gasteiger partial charge on any atom is -0.368 e. The highest BCUT2D eigenvalue weighted by atomic mass is 15.3. The molecule has 1 aliphatic rings. The fourth-order valence-electron chi connectivity index (χ4n) is 2.78. The van der Waals surface area contributed by atoms with Gasteiger partial charge in [-0.3, -0.25) is 0 Å². The molecule has 0 aromatic carbocycles. The smallest absolute Gasteiger partial charge is 0.146 e. The average Bonchev–Trinajstić information content (AvgIpc) is 2.61. The summed E-state index contributed by atoms with van der Waals surface area (Å²) < 4.78 is 0. The molecule has 0 aliphatic carbocycles. The first-order valence-electron chi connectivity index (χ1n) is 8.11. The number of hydrogen-bond donors (Lipinski definition) is 1. The lowest BCUT2D eigenvalue weighted by Gasteiger charge is -2.36. The summed E-state index contributed by atoms with van der Waals surface area (Å²) in [5.74, 6) is 2.53. The SMILES string of the molecule is CC(C)Nc1cc(N2CCN(c3ncccc3C#N)CC2)ncn1. The molecular formula is C17H21N7. The van der Waals surface area contributed by atoms with Crippen molar-refractivity contribution in [1.29, 1.82) is 5.26 Å². The Kier molecular flexibility index (Phi) is 4.75. The molecule has 0 atom stereocenters. The Balaban J connectivity index is 1.68. The predicted molar refractivity (Wildman–Crippen MR) is 94.2 cm³/mol. The van der Waals surface area contributed by atoms with E-state index in [4.69, 9.17) is 0 Å². The van der Waals surface area contributed by atoms with Crippen LogP contribution in [0.3, 0.4) is 0 Å². The molecule has 2 aromatic heterocycles. The van der Waals surface area contributed by atoms with Crippen LogP contribution in [-0.2, 0) is 0 Å². The standard InChI is InChI=1S/C17H21N7/c1-13(2)22-15-10-16(21-12-20-15)23-6-8-24(9-7-23)17-14(11-18)4-3-5-19-17/h3-5,10,12-13H,6-9H2,1-2H3,(H,20,21,22). The second-order valence-corrected chi connectivity index (χ2v) is 6.02. The maximum absolute atomic E-state index is 9.23. The van der Waals surface area contributed by atoms with Crippen LogP contribution in [0.4, 0.5) is 17.5 Å². The topological polar surface area (TPSA) is 81.0 Å². The molecular weight excluding hydrogens is 302 g/mol. The van der Waals surface area contributed by atoms with Crippen LogP contribution in [-0.4, -0.2) is 47.2 Å². The molecule has 0 amide bonds. The van der Waals surface area contributed by atoms with Gasteiger partial charge in [0.2, 0.25) is 0 Å². The molecule has 1 saturated heterocycles. The van der Waals surface area contributed by atoms with Gasteiger partial charge in [-0.05, 0) is 26.0 Å². The zero-order chi connectivity index (χ0) is 16.9. The second kappa shape index (κ2) is 7.13. The van der Waals surface area contributed by atoms with Gasteiger partial charge in [0.1, 0.15) is 29.9 Å². The Labute approximate surface area is 142 Å². The van der Waals surface area contributed by atoms with Crippen LogP contribution in [0.5, 0.6) is 0 Å². The van der Waals surface area contributed by atoms with Crippen molar-refractivity contribution in [3.05, 3.63) is 36.3 Å². The van der Waals surface area contributed by atoms with Crippen LogP contribution in [0, 0.1) is 11.3 Å². The van der Waals surface area contributed by atoms with E-state index < -0.39 is 0 Å². The third-order valence-corrected chi connectivity index (χ3v) is 3.90. The van der Waals surface area contributed by atoms with Gasteiger partial charge in [0.05, 0.1) is 5.56 Å². The average molecular weight is 323 g/mol. The Bertz CT molecular complexity index is 730. The van der Waals surface area contributed by atoms with E-state index in [1.807, 2.05) is 12.1 Å². The number of nitriles is 1. The lowest BCUT2D eigenvalue weighted by molar-refractivity contribution is 0.640. The summed E-state index contributed by atoms with van der Waals surface area (Å²) in [6.45, 7) is 7.45. The maximum atomic E-state index is 9.23. The van der Waals surface area contributed by atoms with Crippen molar-refractivity contribution < 1.29 is 0 Å². The number of aromatic nitrogens is 3. The summed E-state index contributed by atoms with van der Waals surface area (Å²) in [6, 6.07) is 8.13. The van der Waals surface area contributed by atoms with Gasteiger partial charge in [-0.25, -0.2) is 15.0 Å². The van der Waals surface area contributed by atoms with Crippen molar-refractivity contribution in [3.63, 3.8) is 0 Å². The fourth-order valence-corrected chi connectivity index (χ4v) is 2.78. The molecule has 0 spiro atoms. The van der Waals surface area contributed by atoms with Crippen LogP contribution in [0.15, 0.2) is 30.7 Å². The largest absolute Gasteiger partial charge is 0.368 e. The number of nitrogens with one attached hydrogen (secondary N) is 1. The fraction of sp³-hybridized carbons (Fsp3) is 0.412. The van der Waals surface area contributed by atoms with Crippen molar-refractivity contribution in [3.8, 4) is 6.07 Å². The van der Waals surface area contributed by atoms with Crippen LogP contribution in [0.25, 0.3) is 0 Å². The van der Waals surface area contributed by atoms with Gasteiger partial charge >= 0.3 is 0 Å². The zero-order valence-corrected chi connectivity index (χ0v) is 14.0. The molecule has 0 unspecified atom stereocenters. The highest BCUT2D eigenvalue weighted by Gasteiger charge is 2.21. The number of nitrogens with zero attached hydrogens (tertiary/aromatic N) is 6. The first-order chi connectivity index (χ1) is 11.7. The van der Waals surface area contributed by atoms with E-state index in [0.29, 0.717) is 11.6 Å². The molecule has 1 N–H and O–H groups in total. The second-order valence-electron chi connectivity index (χ2n) is 6.02. The molecule has 0 radical (unpaired) electrons. The molecule has 7 heteroatoms. The van der Waals surface area contributed by atoms with Crippen molar-refractivity contribution in [2.45, 2.75) is 19.9 Å². The normalized spacial score (nSPS) is 14.6. The van der Waals surface area contributed by atoms with E-state index in [2.05, 4.69) is 50.0 Å². The lowest BCUT2D eigenvalue weighted by atomic mass is 10.2. The molecule has 0 bridgehead atoms. The molecule has 7 nitrogen and oxygen atoms in total. The molecule has 2 aromatic rings. The molecule has 1 aliphatic heterocycles. The number of rotatable bonds is 4. The Morgan fingerprint density at radius 3 is 2.58 bits per heavy atom. The summed E-state index contributed by atoms with van der Waals surface area (Å²) in [5.41, 5.74) is 0.622. The van der Waals surface area contributed by atoms with Gasteiger partial charge < -0.3 is 15.1 Å². The first kappa shape index (κ1) is 16.0. The van der Waals surface area contributed by atoms with E-state index in [0.717, 1.165) is 43.6 Å². The summed E-state index contributed by atoms with van der Waals surface area (Å²) in [6.07, 6.45) is 3.33. The monoisotopic (exact) mass is 323 g/mol. The molecule has 124 valence electrons. The highest BCUT2D eigenvalue weighted by Crippen LogP contribution is 2.21. The van der Waals surface area contributed by atoms with Crippen molar-refractivity contribution in [1.82, 2.24) is 15.0 Å². The quantitative estimate of drug-likeness (QED) is 0.920. The number of anilines is 3. The van der Waals surface area contributed by atoms with Crippen molar-refractivity contribution >= 4 is 17.5 Å². The number of piperazine rings is 1. The van der Waals surface area contributed by atoms with E-state index >= 15 is 0 Å². The summed E-state index contributed by atoms with van der Waals surface area (Å²) in [4.78, 5) is 17.4. The number of hydrogen-bond acceptors (Lipinski definition) is 7. The van der Waals surface area contributed by atoms with E-state index in [9.17, 15) is 5.26 Å². The summed E-state index contributed by atoms with van der Waals surface area (Å²) in [7, 11) is 0. The summed E-state index contributed by atoms with van der Waals surface area (Å²) in [5, 5.41) is 12.5. The Hall–Kier alpha value is -2.88. The van der Waals surface area contributed by atoms with Gasteiger partial charge in [-0.2, -0.15) is 5.26 Å². The third kappa shape index (κ3) is 3.54. The van der Waals surface area contributed by atoms with Crippen LogP contribution >= 0.6 is 0 Å². The van der Waals surface area contributed by atoms with E-state index in [1.54, 1.807) is 18.6 Å². The minimum atomic E-state index is 0.332. The first-order valence-corrected chi connectivity index (χ1v) is 8.11. The molecule has 0 saturated carbocycles. The van der Waals surface area contributed by atoms with Gasteiger partial charge in [-0.1, -0.05) is 0 Å². The van der Waals surface area contributed by atoms with Crippen LogP contribution in [0.1, 0.15) is 19.4 Å². The number of pyridine rings is 1. The third-order valence-electron chi connectivity index (χ3n) is 3.90. The van der Waals surface area contributed by atoms with E-state index in [-0.39, 0.29) is 0 Å². The zero-order valence-electron chi connectivity index (χ0n) is 14.0. The van der Waals surface area contributed by atoms with Gasteiger partial charge in [0, 0.05) is 44.5 Å². The van der Waals surface area contributed by atoms with Gasteiger partial charge in [-0.15, -0.1) is 0 Å². The van der Waals surface area contributed by atoms with Gasteiger partial charge in [0.15, 0.2) is 0 Å². The summed E-state index contributed by atoms with van der Waals surface area (Å²) >= 11 is 0.